The van der Waals surface area contributed by atoms with Gasteiger partial charge in [-0.3, -0.25) is 4.79 Å². The first-order valence-electron chi connectivity index (χ1n) is 28.7. The summed E-state index contributed by atoms with van der Waals surface area (Å²) in [6, 6.07) is -1.01. The van der Waals surface area contributed by atoms with Crippen LogP contribution in [0.3, 0.4) is 0 Å². The number of carbonyl (C=O) groups excluding carboxylic acids is 1. The lowest BCUT2D eigenvalue weighted by Crippen LogP contribution is -2.53. The summed E-state index contributed by atoms with van der Waals surface area (Å²) in [7, 11) is 0. The maximum Gasteiger partial charge on any atom is 0.249 e. The predicted octanol–water partition coefficient (Wildman–Crippen LogP) is 16.8. The van der Waals surface area contributed by atoms with Crippen molar-refractivity contribution in [2.24, 2.45) is 0 Å². The van der Waals surface area contributed by atoms with Crippen LogP contribution in [0.1, 0.15) is 284 Å². The van der Waals surface area contributed by atoms with Gasteiger partial charge in [-0.2, -0.15) is 0 Å². The summed E-state index contributed by atoms with van der Waals surface area (Å²) in [5.41, 5.74) is 0. The van der Waals surface area contributed by atoms with Crippen molar-refractivity contribution >= 4 is 5.91 Å². The molecule has 0 radical (unpaired) electrons. The van der Waals surface area contributed by atoms with Gasteiger partial charge < -0.3 is 25.7 Å². The lowest BCUT2D eigenvalue weighted by Gasteiger charge is -2.27. The van der Waals surface area contributed by atoms with Gasteiger partial charge in [0.2, 0.25) is 5.91 Å². The third-order valence-electron chi connectivity index (χ3n) is 13.1. The van der Waals surface area contributed by atoms with E-state index in [0.29, 0.717) is 19.3 Å². The third-order valence-corrected chi connectivity index (χ3v) is 13.1. The molecule has 1 amide bonds. The molecule has 386 valence electrons. The van der Waals surface area contributed by atoms with Crippen LogP contribution >= 0.6 is 0 Å². The van der Waals surface area contributed by atoms with E-state index in [2.05, 4.69) is 79.9 Å². The fourth-order valence-electron chi connectivity index (χ4n) is 8.65. The largest absolute Gasteiger partial charge is 0.394 e. The summed E-state index contributed by atoms with van der Waals surface area (Å²) >= 11 is 0. The van der Waals surface area contributed by atoms with Crippen molar-refractivity contribution in [2.45, 2.75) is 308 Å². The minimum atomic E-state index is -1.29. The quantitative estimate of drug-likeness (QED) is 0.0308. The molecule has 0 bridgehead atoms. The minimum Gasteiger partial charge on any atom is -0.394 e. The second kappa shape index (κ2) is 54.0. The predicted molar refractivity (Wildman–Crippen MR) is 288 cm³/mol. The van der Waals surface area contributed by atoms with Gasteiger partial charge in [-0.05, 0) is 89.9 Å². The van der Waals surface area contributed by atoms with Gasteiger partial charge in [-0.1, -0.05) is 254 Å². The standard InChI is InChI=1S/C60H111NO5/c1-3-5-7-9-11-13-15-17-19-20-21-22-23-24-25-26-27-28-29-30-31-32-33-34-35-36-37-38-39-40-42-44-46-48-50-52-54-58(64)60(66)61-56(55-62)59(65)57(63)53-51-49-47-45-43-41-18-16-14-12-10-8-6-4-2/h8,10,16,18,25-26,28-29,45,47,56-59,62-65H,3-7,9,11-15,17,19-24,27,30-44,46,48-55H2,1-2H3,(H,61,66)/b10-8+,18-16+,26-25-,29-28-,47-45+. The van der Waals surface area contributed by atoms with Crippen LogP contribution < -0.4 is 5.32 Å². The molecule has 0 aliphatic carbocycles. The second-order valence-electron chi connectivity index (χ2n) is 19.6. The highest BCUT2D eigenvalue weighted by atomic mass is 16.3. The topological polar surface area (TPSA) is 110 Å². The number of aliphatic hydroxyl groups is 4. The Kier molecular flexibility index (Phi) is 52.3. The van der Waals surface area contributed by atoms with Gasteiger partial charge in [0.15, 0.2) is 0 Å². The summed E-state index contributed by atoms with van der Waals surface area (Å²) in [4.78, 5) is 12.6. The number of carbonyl (C=O) groups is 1. The fourth-order valence-corrected chi connectivity index (χ4v) is 8.65. The Labute approximate surface area is 410 Å². The molecular formula is C60H111NO5. The number of aliphatic hydroxyl groups excluding tert-OH is 4. The number of nitrogens with one attached hydrogen (secondary N) is 1. The SMILES string of the molecule is CCC/C=C/CC/C=C/CC/C=C/CCCC(O)C(O)C(CO)NC(=O)C(O)CCCCCCCCCCCCCCCCCC/C=C\C/C=C\CCCCCCCCCCCCCCC. The Morgan fingerprint density at radius 3 is 1.11 bits per heavy atom. The average molecular weight is 927 g/mol. The molecule has 6 nitrogen and oxygen atoms in total. The lowest BCUT2D eigenvalue weighted by molar-refractivity contribution is -0.132. The van der Waals surface area contributed by atoms with E-state index in [-0.39, 0.29) is 0 Å². The number of rotatable bonds is 52. The van der Waals surface area contributed by atoms with Crippen LogP contribution in [0.2, 0.25) is 0 Å². The van der Waals surface area contributed by atoms with Crippen molar-refractivity contribution in [3.63, 3.8) is 0 Å². The van der Waals surface area contributed by atoms with E-state index in [1.54, 1.807) is 0 Å². The van der Waals surface area contributed by atoms with Crippen molar-refractivity contribution in [3.8, 4) is 0 Å². The Morgan fingerprint density at radius 2 is 0.712 bits per heavy atom. The van der Waals surface area contributed by atoms with Gasteiger partial charge in [0.1, 0.15) is 12.2 Å². The smallest absolute Gasteiger partial charge is 0.249 e. The Balaban J connectivity index is 3.59. The molecule has 4 unspecified atom stereocenters. The van der Waals surface area contributed by atoms with Gasteiger partial charge in [0.25, 0.3) is 0 Å². The van der Waals surface area contributed by atoms with Gasteiger partial charge in [-0.25, -0.2) is 0 Å². The fraction of sp³-hybridized carbons (Fsp3) is 0.817. The lowest BCUT2D eigenvalue weighted by atomic mass is 10.00. The maximum absolute atomic E-state index is 12.6. The van der Waals surface area contributed by atoms with E-state index < -0.39 is 36.9 Å². The molecule has 6 heteroatoms. The number of hydrogen-bond acceptors (Lipinski definition) is 5. The molecule has 0 saturated heterocycles. The molecule has 66 heavy (non-hydrogen) atoms. The zero-order chi connectivity index (χ0) is 48.1. The molecule has 0 fully saturated rings. The first-order valence-corrected chi connectivity index (χ1v) is 28.7. The minimum absolute atomic E-state index is 0.357. The zero-order valence-corrected chi connectivity index (χ0v) is 43.7. The summed E-state index contributed by atoms with van der Waals surface area (Å²) in [6.07, 6.45) is 70.3. The molecule has 0 aromatic carbocycles. The number of allylic oxidation sites excluding steroid dienone is 10. The van der Waals surface area contributed by atoms with Gasteiger partial charge in [0, 0.05) is 0 Å². The first kappa shape index (κ1) is 64.0. The highest BCUT2D eigenvalue weighted by Crippen LogP contribution is 2.17. The van der Waals surface area contributed by atoms with Gasteiger partial charge in [0.05, 0.1) is 18.8 Å². The molecule has 0 aromatic heterocycles. The summed E-state index contributed by atoms with van der Waals surface area (Å²) in [5.74, 6) is -0.600. The molecular weight excluding hydrogens is 815 g/mol. The monoisotopic (exact) mass is 926 g/mol. The summed E-state index contributed by atoms with van der Waals surface area (Å²) in [5, 5.41) is 43.8. The molecule has 5 N–H and O–H groups in total. The van der Waals surface area contributed by atoms with Crippen LogP contribution in [0, 0.1) is 0 Å². The van der Waals surface area contributed by atoms with Crippen molar-refractivity contribution in [1.82, 2.24) is 5.32 Å². The van der Waals surface area contributed by atoms with Crippen LogP contribution in [0.5, 0.6) is 0 Å². The third kappa shape index (κ3) is 47.1. The first-order chi connectivity index (χ1) is 32.5. The van der Waals surface area contributed by atoms with Gasteiger partial charge in [-0.15, -0.1) is 0 Å². The molecule has 0 aliphatic rings. The summed E-state index contributed by atoms with van der Waals surface area (Å²) in [6.45, 7) is 3.98. The Morgan fingerprint density at radius 1 is 0.379 bits per heavy atom. The molecule has 0 aliphatic heterocycles. The Bertz CT molecular complexity index is 1130. The number of amides is 1. The van der Waals surface area contributed by atoms with E-state index in [4.69, 9.17) is 0 Å². The molecule has 0 saturated carbocycles. The van der Waals surface area contributed by atoms with E-state index in [1.807, 2.05) is 0 Å². The molecule has 4 atom stereocenters. The van der Waals surface area contributed by atoms with Crippen molar-refractivity contribution in [2.75, 3.05) is 6.61 Å². The van der Waals surface area contributed by atoms with E-state index in [9.17, 15) is 25.2 Å². The molecule has 0 heterocycles. The second-order valence-corrected chi connectivity index (χ2v) is 19.6. The van der Waals surface area contributed by atoms with E-state index >= 15 is 0 Å². The normalized spacial score (nSPS) is 14.2. The van der Waals surface area contributed by atoms with Crippen LogP contribution in [-0.2, 0) is 4.79 Å². The number of hydrogen-bond donors (Lipinski definition) is 5. The zero-order valence-electron chi connectivity index (χ0n) is 43.7. The van der Waals surface area contributed by atoms with Crippen LogP contribution in [0.4, 0.5) is 0 Å². The molecule has 0 rings (SSSR count). The molecule has 0 aromatic rings. The Hall–Kier alpha value is -1.99. The summed E-state index contributed by atoms with van der Waals surface area (Å²) < 4.78 is 0. The van der Waals surface area contributed by atoms with Crippen molar-refractivity contribution in [3.05, 3.63) is 60.8 Å². The van der Waals surface area contributed by atoms with Gasteiger partial charge >= 0.3 is 0 Å². The van der Waals surface area contributed by atoms with Crippen molar-refractivity contribution in [1.29, 1.82) is 0 Å². The number of unbranched alkanes of at least 4 members (excludes halogenated alkanes) is 33. The highest BCUT2D eigenvalue weighted by Gasteiger charge is 2.28. The van der Waals surface area contributed by atoms with Crippen LogP contribution in [0.15, 0.2) is 60.8 Å². The van der Waals surface area contributed by atoms with Crippen LogP contribution in [0.25, 0.3) is 0 Å². The highest BCUT2D eigenvalue weighted by molar-refractivity contribution is 5.80. The van der Waals surface area contributed by atoms with E-state index in [1.165, 1.54) is 186 Å². The van der Waals surface area contributed by atoms with Crippen LogP contribution in [-0.4, -0.2) is 57.3 Å². The average Bonchev–Trinajstić information content (AvgIpc) is 3.32. The molecule has 0 spiro atoms. The van der Waals surface area contributed by atoms with Crippen molar-refractivity contribution < 1.29 is 25.2 Å². The van der Waals surface area contributed by atoms with E-state index in [0.717, 1.165) is 64.2 Å². The maximum atomic E-state index is 12.6.